The van der Waals surface area contributed by atoms with E-state index in [0.29, 0.717) is 5.78 Å². The standard InChI is InChI=1S/C14H16O/c1-10(15)14(8-9-14)13-6-4-12(5-7-13)11-2-3-11/h4-7,11H,2-3,8-9H2,1H3. The van der Waals surface area contributed by atoms with E-state index in [1.54, 1.807) is 6.92 Å². The molecule has 78 valence electrons. The fourth-order valence-corrected chi connectivity index (χ4v) is 2.46. The molecule has 2 fully saturated rings. The summed E-state index contributed by atoms with van der Waals surface area (Å²) in [5.41, 5.74) is 2.60. The van der Waals surface area contributed by atoms with E-state index in [-0.39, 0.29) is 5.41 Å². The Balaban J connectivity index is 1.90. The van der Waals surface area contributed by atoms with Crippen molar-refractivity contribution in [2.24, 2.45) is 0 Å². The van der Waals surface area contributed by atoms with Crippen LogP contribution in [0.3, 0.4) is 0 Å². The van der Waals surface area contributed by atoms with Crippen molar-refractivity contribution >= 4 is 5.78 Å². The van der Waals surface area contributed by atoms with Crippen LogP contribution >= 0.6 is 0 Å². The second kappa shape index (κ2) is 2.94. The molecule has 0 spiro atoms. The molecule has 0 aromatic heterocycles. The van der Waals surface area contributed by atoms with E-state index in [1.807, 2.05) is 0 Å². The normalized spacial score (nSPS) is 22.5. The number of hydrogen-bond acceptors (Lipinski definition) is 1. The zero-order valence-corrected chi connectivity index (χ0v) is 9.12. The summed E-state index contributed by atoms with van der Waals surface area (Å²) in [4.78, 5) is 11.6. The predicted molar refractivity (Wildman–Crippen MR) is 60.0 cm³/mol. The maximum absolute atomic E-state index is 11.6. The number of benzene rings is 1. The molecule has 1 heteroatoms. The lowest BCUT2D eigenvalue weighted by molar-refractivity contribution is -0.119. The van der Waals surface area contributed by atoms with Gasteiger partial charge in [0, 0.05) is 0 Å². The first-order chi connectivity index (χ1) is 7.22. The highest BCUT2D eigenvalue weighted by Gasteiger charge is 2.48. The van der Waals surface area contributed by atoms with Crippen LogP contribution in [-0.2, 0) is 10.2 Å². The van der Waals surface area contributed by atoms with Crippen molar-refractivity contribution in [3.63, 3.8) is 0 Å². The van der Waals surface area contributed by atoms with Gasteiger partial charge in [-0.2, -0.15) is 0 Å². The lowest BCUT2D eigenvalue weighted by Gasteiger charge is -2.12. The molecule has 2 aliphatic carbocycles. The van der Waals surface area contributed by atoms with Crippen LogP contribution in [0.25, 0.3) is 0 Å². The highest BCUT2D eigenvalue weighted by atomic mass is 16.1. The number of hydrogen-bond donors (Lipinski definition) is 0. The Bertz CT molecular complexity index is 394. The fraction of sp³-hybridized carbons (Fsp3) is 0.500. The fourth-order valence-electron chi connectivity index (χ4n) is 2.46. The third-order valence-electron chi connectivity index (χ3n) is 3.94. The molecule has 3 rings (SSSR count). The van der Waals surface area contributed by atoms with E-state index in [4.69, 9.17) is 0 Å². The topological polar surface area (TPSA) is 17.1 Å². The maximum Gasteiger partial charge on any atom is 0.140 e. The van der Waals surface area contributed by atoms with Gasteiger partial charge < -0.3 is 0 Å². The number of rotatable bonds is 3. The van der Waals surface area contributed by atoms with Gasteiger partial charge in [-0.25, -0.2) is 0 Å². The van der Waals surface area contributed by atoms with Crippen LogP contribution in [0.5, 0.6) is 0 Å². The number of carbonyl (C=O) groups excluding carboxylic acids is 1. The second-order valence-corrected chi connectivity index (χ2v) is 5.03. The third kappa shape index (κ3) is 1.41. The molecular weight excluding hydrogens is 184 g/mol. The van der Waals surface area contributed by atoms with Gasteiger partial charge in [0.2, 0.25) is 0 Å². The molecule has 0 radical (unpaired) electrons. The molecular formula is C14H16O. The third-order valence-corrected chi connectivity index (χ3v) is 3.94. The summed E-state index contributed by atoms with van der Waals surface area (Å²) in [6.07, 6.45) is 4.78. The number of carbonyl (C=O) groups is 1. The maximum atomic E-state index is 11.6. The average molecular weight is 200 g/mol. The summed E-state index contributed by atoms with van der Waals surface area (Å²) >= 11 is 0. The van der Waals surface area contributed by atoms with Crippen molar-refractivity contribution in [3.8, 4) is 0 Å². The lowest BCUT2D eigenvalue weighted by Crippen LogP contribution is -2.16. The van der Waals surface area contributed by atoms with Gasteiger partial charge in [-0.3, -0.25) is 4.79 Å². The molecule has 0 bridgehead atoms. The lowest BCUT2D eigenvalue weighted by atomic mass is 9.91. The SMILES string of the molecule is CC(=O)C1(c2ccc(C3CC3)cc2)CC1. The predicted octanol–water partition coefficient (Wildman–Crippen LogP) is 3.18. The molecule has 15 heavy (non-hydrogen) atoms. The molecule has 0 saturated heterocycles. The van der Waals surface area contributed by atoms with Gasteiger partial charge >= 0.3 is 0 Å². The van der Waals surface area contributed by atoms with Crippen molar-refractivity contribution in [1.82, 2.24) is 0 Å². The van der Waals surface area contributed by atoms with Gasteiger partial charge in [0.15, 0.2) is 0 Å². The zero-order valence-electron chi connectivity index (χ0n) is 9.12. The summed E-state index contributed by atoms with van der Waals surface area (Å²) < 4.78 is 0. The summed E-state index contributed by atoms with van der Waals surface area (Å²) in [6, 6.07) is 8.77. The second-order valence-electron chi connectivity index (χ2n) is 5.03. The first-order valence-corrected chi connectivity index (χ1v) is 5.84. The van der Waals surface area contributed by atoms with Gasteiger partial charge in [-0.05, 0) is 49.7 Å². The molecule has 2 aliphatic rings. The molecule has 1 nitrogen and oxygen atoms in total. The van der Waals surface area contributed by atoms with Gasteiger partial charge in [0.05, 0.1) is 5.41 Å². The number of Topliss-reactive ketones (excluding diaryl/α,β-unsaturated/α-hetero) is 1. The Morgan fingerprint density at radius 1 is 1.20 bits per heavy atom. The summed E-state index contributed by atoms with van der Waals surface area (Å²) in [7, 11) is 0. The molecule has 0 amide bonds. The van der Waals surface area contributed by atoms with Crippen molar-refractivity contribution in [2.45, 2.75) is 43.9 Å². The molecule has 0 heterocycles. The highest BCUT2D eigenvalue weighted by Crippen LogP contribution is 2.49. The minimum atomic E-state index is -0.0952. The van der Waals surface area contributed by atoms with Crippen LogP contribution in [0.4, 0.5) is 0 Å². The smallest absolute Gasteiger partial charge is 0.140 e. The Labute approximate surface area is 90.5 Å². The molecule has 0 aliphatic heterocycles. The first kappa shape index (κ1) is 9.14. The van der Waals surface area contributed by atoms with Gasteiger partial charge in [0.1, 0.15) is 5.78 Å². The molecule has 0 atom stereocenters. The van der Waals surface area contributed by atoms with Gasteiger partial charge in [0.25, 0.3) is 0 Å². The van der Waals surface area contributed by atoms with Gasteiger partial charge in [-0.1, -0.05) is 24.3 Å². The van der Waals surface area contributed by atoms with Crippen LogP contribution in [-0.4, -0.2) is 5.78 Å². The van der Waals surface area contributed by atoms with Gasteiger partial charge in [-0.15, -0.1) is 0 Å². The molecule has 1 aromatic rings. The molecule has 0 N–H and O–H groups in total. The Morgan fingerprint density at radius 2 is 1.80 bits per heavy atom. The Morgan fingerprint density at radius 3 is 2.20 bits per heavy atom. The Kier molecular flexibility index (Phi) is 1.79. The van der Waals surface area contributed by atoms with Crippen molar-refractivity contribution in [3.05, 3.63) is 35.4 Å². The highest BCUT2D eigenvalue weighted by molar-refractivity contribution is 5.91. The van der Waals surface area contributed by atoms with Crippen LogP contribution in [0.15, 0.2) is 24.3 Å². The zero-order chi connectivity index (χ0) is 10.5. The largest absolute Gasteiger partial charge is 0.299 e. The minimum absolute atomic E-state index is 0.0952. The minimum Gasteiger partial charge on any atom is -0.299 e. The van der Waals surface area contributed by atoms with E-state index in [2.05, 4.69) is 24.3 Å². The van der Waals surface area contributed by atoms with E-state index in [1.165, 1.54) is 24.0 Å². The Hall–Kier alpha value is -1.11. The molecule has 1 aromatic carbocycles. The summed E-state index contributed by atoms with van der Waals surface area (Å²) in [6.45, 7) is 1.72. The molecule has 2 saturated carbocycles. The van der Waals surface area contributed by atoms with Crippen LogP contribution in [0.1, 0.15) is 49.7 Å². The van der Waals surface area contributed by atoms with Crippen LogP contribution in [0.2, 0.25) is 0 Å². The average Bonchev–Trinajstić information content (AvgIpc) is 3.11. The van der Waals surface area contributed by atoms with E-state index in [9.17, 15) is 4.79 Å². The first-order valence-electron chi connectivity index (χ1n) is 5.84. The quantitative estimate of drug-likeness (QED) is 0.732. The summed E-state index contributed by atoms with van der Waals surface area (Å²) in [5, 5.41) is 0. The van der Waals surface area contributed by atoms with Crippen molar-refractivity contribution in [1.29, 1.82) is 0 Å². The van der Waals surface area contributed by atoms with Crippen LogP contribution in [0, 0.1) is 0 Å². The molecule has 0 unspecified atom stereocenters. The van der Waals surface area contributed by atoms with E-state index in [0.717, 1.165) is 18.8 Å². The van der Waals surface area contributed by atoms with E-state index >= 15 is 0 Å². The van der Waals surface area contributed by atoms with E-state index < -0.39 is 0 Å². The van der Waals surface area contributed by atoms with Crippen molar-refractivity contribution < 1.29 is 4.79 Å². The monoisotopic (exact) mass is 200 g/mol. The van der Waals surface area contributed by atoms with Crippen LogP contribution < -0.4 is 0 Å². The number of ketones is 1. The summed E-state index contributed by atoms with van der Waals surface area (Å²) in [5.74, 6) is 1.15. The van der Waals surface area contributed by atoms with Crippen molar-refractivity contribution in [2.75, 3.05) is 0 Å².